The molecule has 2 N–H and O–H groups in total. The van der Waals surface area contributed by atoms with Gasteiger partial charge in [-0.15, -0.1) is 0 Å². The first-order valence-corrected chi connectivity index (χ1v) is 9.75. The Morgan fingerprint density at radius 3 is 2.33 bits per heavy atom. The van der Waals surface area contributed by atoms with Crippen LogP contribution in [0.2, 0.25) is 0 Å². The molecule has 5 rings (SSSR count). The lowest BCUT2D eigenvalue weighted by Gasteiger charge is -2.56. The van der Waals surface area contributed by atoms with E-state index in [9.17, 15) is 14.4 Å². The highest BCUT2D eigenvalue weighted by atomic mass is 16.5. The molecule has 4 saturated carbocycles. The summed E-state index contributed by atoms with van der Waals surface area (Å²) in [6, 6.07) is 3.08. The average Bonchev–Trinajstić information content (AvgIpc) is 3.16. The maximum atomic E-state index is 12.1. The summed E-state index contributed by atoms with van der Waals surface area (Å²) in [5.74, 6) is 1.20. The lowest BCUT2D eigenvalue weighted by Crippen LogP contribution is -2.51. The van der Waals surface area contributed by atoms with Gasteiger partial charge in [0.2, 0.25) is 0 Å². The van der Waals surface area contributed by atoms with Gasteiger partial charge in [-0.3, -0.25) is 14.4 Å². The van der Waals surface area contributed by atoms with Gasteiger partial charge in [0, 0.05) is 6.54 Å². The maximum Gasteiger partial charge on any atom is 0.325 e. The number of hydrogen-bond donors (Lipinski definition) is 2. The Balaban J connectivity index is 1.16. The SMILES string of the molecule is O=C(COC(=O)CNC(=O)c1ccco1)NCC12CC3CC(CC(C3)C1)C2. The molecule has 0 spiro atoms. The first-order chi connectivity index (χ1) is 13.0. The van der Waals surface area contributed by atoms with Gasteiger partial charge in [-0.1, -0.05) is 0 Å². The molecule has 0 atom stereocenters. The fourth-order valence-electron chi connectivity index (χ4n) is 5.69. The van der Waals surface area contributed by atoms with Gasteiger partial charge in [-0.05, 0) is 73.8 Å². The highest BCUT2D eigenvalue weighted by Crippen LogP contribution is 2.59. The maximum absolute atomic E-state index is 12.1. The molecular weight excluding hydrogens is 348 g/mol. The average molecular weight is 374 g/mol. The molecule has 0 radical (unpaired) electrons. The van der Waals surface area contributed by atoms with Crippen LogP contribution in [0.15, 0.2) is 22.8 Å². The van der Waals surface area contributed by atoms with Crippen LogP contribution in [0.3, 0.4) is 0 Å². The molecule has 0 aromatic carbocycles. The topological polar surface area (TPSA) is 97.6 Å². The van der Waals surface area contributed by atoms with E-state index in [1.165, 1.54) is 50.9 Å². The second kappa shape index (κ2) is 7.37. The summed E-state index contributed by atoms with van der Waals surface area (Å²) in [5.41, 5.74) is 0.255. The number of carbonyl (C=O) groups excluding carboxylic acids is 3. The number of carbonyl (C=O) groups is 3. The summed E-state index contributed by atoms with van der Waals surface area (Å²) in [5, 5.41) is 5.35. The minimum absolute atomic E-state index is 0.121. The highest BCUT2D eigenvalue weighted by molar-refractivity contribution is 5.93. The first-order valence-electron chi connectivity index (χ1n) is 9.75. The van der Waals surface area contributed by atoms with Gasteiger partial charge in [-0.2, -0.15) is 0 Å². The lowest BCUT2D eigenvalue weighted by atomic mass is 9.49. The van der Waals surface area contributed by atoms with Crippen LogP contribution in [0, 0.1) is 23.2 Å². The Labute approximate surface area is 158 Å². The number of furan rings is 1. The van der Waals surface area contributed by atoms with E-state index < -0.39 is 11.9 Å². The largest absolute Gasteiger partial charge is 0.459 e. The predicted octanol–water partition coefficient (Wildman–Crippen LogP) is 1.89. The molecular formula is C20H26N2O5. The summed E-state index contributed by atoms with van der Waals surface area (Å²) in [6.07, 6.45) is 9.15. The Morgan fingerprint density at radius 2 is 1.74 bits per heavy atom. The predicted molar refractivity (Wildman–Crippen MR) is 95.6 cm³/mol. The zero-order valence-corrected chi connectivity index (χ0v) is 15.4. The van der Waals surface area contributed by atoms with E-state index in [2.05, 4.69) is 10.6 Å². The normalized spacial score (nSPS) is 30.7. The molecule has 7 nitrogen and oxygen atoms in total. The van der Waals surface area contributed by atoms with Crippen LogP contribution >= 0.6 is 0 Å². The fourth-order valence-corrected chi connectivity index (χ4v) is 5.69. The van der Waals surface area contributed by atoms with E-state index in [1.54, 1.807) is 6.07 Å². The van der Waals surface area contributed by atoms with Crippen LogP contribution in [-0.2, 0) is 14.3 Å². The third-order valence-corrected chi connectivity index (χ3v) is 6.33. The minimum atomic E-state index is -0.653. The van der Waals surface area contributed by atoms with Crippen LogP contribution < -0.4 is 10.6 Å². The smallest absolute Gasteiger partial charge is 0.325 e. The van der Waals surface area contributed by atoms with Gasteiger partial charge in [-0.25, -0.2) is 0 Å². The molecule has 1 aromatic rings. The Hall–Kier alpha value is -2.31. The Bertz CT molecular complexity index is 677. The van der Waals surface area contributed by atoms with Gasteiger partial charge in [0.1, 0.15) is 6.54 Å². The Kier molecular flexibility index (Phi) is 4.93. The molecule has 7 heteroatoms. The molecule has 1 aromatic heterocycles. The van der Waals surface area contributed by atoms with Crippen molar-refractivity contribution in [3.05, 3.63) is 24.2 Å². The minimum Gasteiger partial charge on any atom is -0.459 e. The van der Waals surface area contributed by atoms with Crippen LogP contribution in [0.4, 0.5) is 0 Å². The molecule has 27 heavy (non-hydrogen) atoms. The van der Waals surface area contributed by atoms with Crippen molar-refractivity contribution in [2.75, 3.05) is 19.7 Å². The molecule has 4 bridgehead atoms. The molecule has 0 aliphatic heterocycles. The van der Waals surface area contributed by atoms with E-state index in [4.69, 9.17) is 9.15 Å². The van der Waals surface area contributed by atoms with Gasteiger partial charge < -0.3 is 19.8 Å². The number of nitrogens with one attached hydrogen (secondary N) is 2. The summed E-state index contributed by atoms with van der Waals surface area (Å²) in [6.45, 7) is 0.0612. The van der Waals surface area contributed by atoms with Gasteiger partial charge in [0.05, 0.1) is 6.26 Å². The number of esters is 1. The van der Waals surface area contributed by atoms with E-state index in [1.807, 2.05) is 0 Å². The Morgan fingerprint density at radius 1 is 1.07 bits per heavy atom. The molecule has 146 valence electrons. The van der Waals surface area contributed by atoms with Crippen molar-refractivity contribution >= 4 is 17.8 Å². The van der Waals surface area contributed by atoms with E-state index in [0.29, 0.717) is 6.54 Å². The highest BCUT2D eigenvalue weighted by Gasteiger charge is 2.50. The summed E-state index contributed by atoms with van der Waals surface area (Å²) in [4.78, 5) is 35.4. The molecule has 4 aliphatic carbocycles. The zero-order valence-electron chi connectivity index (χ0n) is 15.4. The van der Waals surface area contributed by atoms with Crippen molar-refractivity contribution < 1.29 is 23.5 Å². The third kappa shape index (κ3) is 4.17. The van der Waals surface area contributed by atoms with Crippen LogP contribution in [0.25, 0.3) is 0 Å². The van der Waals surface area contributed by atoms with Crippen molar-refractivity contribution in [3.8, 4) is 0 Å². The summed E-state index contributed by atoms with van der Waals surface area (Å²) in [7, 11) is 0. The van der Waals surface area contributed by atoms with Crippen molar-refractivity contribution in [3.63, 3.8) is 0 Å². The monoisotopic (exact) mass is 374 g/mol. The molecule has 4 aliphatic rings. The molecule has 1 heterocycles. The number of amides is 2. The fraction of sp³-hybridized carbons (Fsp3) is 0.650. The number of rotatable bonds is 7. The van der Waals surface area contributed by atoms with Crippen molar-refractivity contribution in [1.82, 2.24) is 10.6 Å². The van der Waals surface area contributed by atoms with Gasteiger partial charge >= 0.3 is 5.97 Å². The number of hydrogen-bond acceptors (Lipinski definition) is 5. The quantitative estimate of drug-likeness (QED) is 0.710. The molecule has 0 saturated heterocycles. The summed E-state index contributed by atoms with van der Waals surface area (Å²) >= 11 is 0. The van der Waals surface area contributed by atoms with E-state index in [0.717, 1.165) is 17.8 Å². The standard InChI is InChI=1S/C20H26N2O5/c23-17(11-27-18(24)10-21-19(25)16-2-1-3-26-16)22-12-20-7-13-4-14(8-20)6-15(5-13)9-20/h1-3,13-15H,4-12H2,(H,21,25)(H,22,23). The van der Waals surface area contributed by atoms with Crippen LogP contribution in [-0.4, -0.2) is 37.5 Å². The lowest BCUT2D eigenvalue weighted by molar-refractivity contribution is -0.147. The molecule has 4 fully saturated rings. The second-order valence-corrected chi connectivity index (χ2v) is 8.51. The summed E-state index contributed by atoms with van der Waals surface area (Å²) < 4.78 is 9.88. The van der Waals surface area contributed by atoms with Gasteiger partial charge in [0.25, 0.3) is 11.8 Å². The third-order valence-electron chi connectivity index (χ3n) is 6.33. The number of ether oxygens (including phenoxy) is 1. The van der Waals surface area contributed by atoms with Crippen molar-refractivity contribution in [1.29, 1.82) is 0 Å². The van der Waals surface area contributed by atoms with Crippen LogP contribution in [0.1, 0.15) is 49.1 Å². The van der Waals surface area contributed by atoms with Gasteiger partial charge in [0.15, 0.2) is 12.4 Å². The molecule has 0 unspecified atom stereocenters. The molecule has 2 amide bonds. The van der Waals surface area contributed by atoms with E-state index in [-0.39, 0.29) is 30.2 Å². The first kappa shape index (κ1) is 18.1. The van der Waals surface area contributed by atoms with Crippen molar-refractivity contribution in [2.45, 2.75) is 38.5 Å². The van der Waals surface area contributed by atoms with Crippen molar-refractivity contribution in [2.24, 2.45) is 23.2 Å². The zero-order chi connectivity index (χ0) is 18.9. The second-order valence-electron chi connectivity index (χ2n) is 8.51. The van der Waals surface area contributed by atoms with Crippen LogP contribution in [0.5, 0.6) is 0 Å². The van der Waals surface area contributed by atoms with E-state index >= 15 is 0 Å².